The highest BCUT2D eigenvalue weighted by molar-refractivity contribution is 5.79. The lowest BCUT2D eigenvalue weighted by atomic mass is 10.0. The fourth-order valence-corrected chi connectivity index (χ4v) is 2.43. The first-order chi connectivity index (χ1) is 9.02. The first-order valence-corrected chi connectivity index (χ1v) is 6.19. The molecular weight excluding hydrogens is 248 g/mol. The lowest BCUT2D eigenvalue weighted by molar-refractivity contribution is -0.384. The van der Waals surface area contributed by atoms with Crippen LogP contribution in [0.1, 0.15) is 23.7 Å². The summed E-state index contributed by atoms with van der Waals surface area (Å²) in [6.45, 7) is 3.01. The van der Waals surface area contributed by atoms with Crippen LogP contribution in [0.15, 0.2) is 18.2 Å². The van der Waals surface area contributed by atoms with Crippen molar-refractivity contribution in [1.82, 2.24) is 0 Å². The third kappa shape index (κ3) is 2.73. The predicted octanol–water partition coefficient (Wildman–Crippen LogP) is 1.61. The highest BCUT2D eigenvalue weighted by atomic mass is 16.6. The molecule has 1 aliphatic rings. The fourth-order valence-electron chi connectivity index (χ4n) is 2.43. The average molecular weight is 264 g/mol. The number of hydrogen-bond acceptors (Lipinski definition) is 5. The molecule has 102 valence electrons. The second-order valence-electron chi connectivity index (χ2n) is 4.86. The van der Waals surface area contributed by atoms with Crippen molar-refractivity contribution in [2.45, 2.75) is 19.4 Å². The van der Waals surface area contributed by atoms with E-state index in [1.807, 2.05) is 4.90 Å². The molecule has 1 heterocycles. The number of rotatable bonds is 4. The summed E-state index contributed by atoms with van der Waals surface area (Å²) in [7, 11) is 0. The molecule has 6 heteroatoms. The molecule has 0 aliphatic carbocycles. The average Bonchev–Trinajstić information content (AvgIpc) is 2.87. The number of benzene rings is 1. The van der Waals surface area contributed by atoms with Crippen LogP contribution in [0.4, 0.5) is 11.4 Å². The minimum atomic E-state index is -0.474. The largest absolute Gasteiger partial charge is 0.393 e. The molecule has 1 N–H and O–H groups in total. The van der Waals surface area contributed by atoms with Crippen LogP contribution in [0, 0.1) is 16.0 Å². The number of aliphatic hydroxyl groups excluding tert-OH is 1. The highest BCUT2D eigenvalue weighted by Crippen LogP contribution is 2.33. The number of aldehydes is 1. The van der Waals surface area contributed by atoms with Gasteiger partial charge in [-0.1, -0.05) is 0 Å². The van der Waals surface area contributed by atoms with E-state index in [9.17, 15) is 20.0 Å². The molecule has 6 nitrogen and oxygen atoms in total. The van der Waals surface area contributed by atoms with Crippen LogP contribution in [0.3, 0.4) is 0 Å². The molecule has 0 radical (unpaired) electrons. The minimum Gasteiger partial charge on any atom is -0.393 e. The standard InChI is InChI=1S/C13H16N2O4/c1-9(17)11-4-5-14(7-11)12-3-2-10(8-16)6-13(12)15(18)19/h2-3,6,8-9,11,17H,4-5,7H2,1H3. The Morgan fingerprint density at radius 3 is 2.84 bits per heavy atom. The number of nitrogens with zero attached hydrogens (tertiary/aromatic N) is 2. The third-order valence-corrected chi connectivity index (χ3v) is 3.58. The number of nitro benzene ring substituents is 1. The molecule has 0 saturated carbocycles. The van der Waals surface area contributed by atoms with E-state index in [0.717, 1.165) is 6.42 Å². The molecule has 0 bridgehead atoms. The van der Waals surface area contributed by atoms with Crippen molar-refractivity contribution in [2.24, 2.45) is 5.92 Å². The van der Waals surface area contributed by atoms with Gasteiger partial charge in [0, 0.05) is 30.6 Å². The highest BCUT2D eigenvalue weighted by Gasteiger charge is 2.29. The van der Waals surface area contributed by atoms with Crippen LogP contribution >= 0.6 is 0 Å². The number of hydrogen-bond donors (Lipinski definition) is 1. The summed E-state index contributed by atoms with van der Waals surface area (Å²) in [5.41, 5.74) is 0.747. The van der Waals surface area contributed by atoms with Crippen molar-refractivity contribution in [2.75, 3.05) is 18.0 Å². The maximum Gasteiger partial charge on any atom is 0.293 e. The van der Waals surface area contributed by atoms with E-state index in [0.29, 0.717) is 30.6 Å². The first kappa shape index (κ1) is 13.5. The van der Waals surface area contributed by atoms with Gasteiger partial charge in [0.05, 0.1) is 11.0 Å². The SMILES string of the molecule is CC(O)C1CCN(c2ccc(C=O)cc2[N+](=O)[O-])C1. The predicted molar refractivity (Wildman–Crippen MR) is 70.5 cm³/mol. The third-order valence-electron chi connectivity index (χ3n) is 3.58. The molecule has 1 fully saturated rings. The number of anilines is 1. The van der Waals surface area contributed by atoms with Gasteiger partial charge in [-0.15, -0.1) is 0 Å². The summed E-state index contributed by atoms with van der Waals surface area (Å²) >= 11 is 0. The number of aliphatic hydroxyl groups is 1. The Labute approximate surface area is 110 Å². The maximum absolute atomic E-state index is 11.1. The fraction of sp³-hybridized carbons (Fsp3) is 0.462. The Morgan fingerprint density at radius 2 is 2.32 bits per heavy atom. The Kier molecular flexibility index (Phi) is 3.80. The van der Waals surface area contributed by atoms with E-state index in [2.05, 4.69) is 0 Å². The number of carbonyl (C=O) groups is 1. The number of nitro groups is 1. The Balaban J connectivity index is 2.30. The molecule has 0 spiro atoms. The van der Waals surface area contributed by atoms with E-state index in [1.165, 1.54) is 6.07 Å². The van der Waals surface area contributed by atoms with Crippen molar-refractivity contribution in [3.63, 3.8) is 0 Å². The van der Waals surface area contributed by atoms with Crippen LogP contribution < -0.4 is 4.90 Å². The zero-order valence-electron chi connectivity index (χ0n) is 10.7. The molecule has 19 heavy (non-hydrogen) atoms. The molecule has 1 aliphatic heterocycles. The number of carbonyl (C=O) groups excluding carboxylic acids is 1. The maximum atomic E-state index is 11.1. The lowest BCUT2D eigenvalue weighted by Gasteiger charge is -2.19. The van der Waals surface area contributed by atoms with E-state index < -0.39 is 11.0 Å². The van der Waals surface area contributed by atoms with Crippen LogP contribution in [0.25, 0.3) is 0 Å². The summed E-state index contributed by atoms with van der Waals surface area (Å²) < 4.78 is 0. The van der Waals surface area contributed by atoms with E-state index in [4.69, 9.17) is 0 Å². The Morgan fingerprint density at radius 1 is 1.58 bits per heavy atom. The van der Waals surface area contributed by atoms with Gasteiger partial charge < -0.3 is 10.0 Å². The van der Waals surface area contributed by atoms with Crippen LogP contribution in [-0.4, -0.2) is 35.5 Å². The van der Waals surface area contributed by atoms with Gasteiger partial charge in [0.1, 0.15) is 12.0 Å². The lowest BCUT2D eigenvalue weighted by Crippen LogP contribution is -2.24. The van der Waals surface area contributed by atoms with Crippen molar-refractivity contribution in [3.8, 4) is 0 Å². The summed E-state index contributed by atoms with van der Waals surface area (Å²) in [6.07, 6.45) is 0.988. The summed E-state index contributed by atoms with van der Waals surface area (Å²) in [4.78, 5) is 23.2. The van der Waals surface area contributed by atoms with E-state index >= 15 is 0 Å². The molecule has 0 aromatic heterocycles. The van der Waals surface area contributed by atoms with Gasteiger partial charge in [0.15, 0.2) is 0 Å². The van der Waals surface area contributed by atoms with Crippen molar-refractivity contribution in [1.29, 1.82) is 0 Å². The van der Waals surface area contributed by atoms with Crippen molar-refractivity contribution in [3.05, 3.63) is 33.9 Å². The van der Waals surface area contributed by atoms with Gasteiger partial charge >= 0.3 is 0 Å². The van der Waals surface area contributed by atoms with Gasteiger partial charge in [0.2, 0.25) is 0 Å². The van der Waals surface area contributed by atoms with E-state index in [1.54, 1.807) is 19.1 Å². The Bertz CT molecular complexity index is 501. The second-order valence-corrected chi connectivity index (χ2v) is 4.86. The van der Waals surface area contributed by atoms with Gasteiger partial charge in [-0.05, 0) is 25.5 Å². The zero-order chi connectivity index (χ0) is 14.0. The molecule has 0 amide bonds. The van der Waals surface area contributed by atoms with Gasteiger partial charge in [-0.3, -0.25) is 14.9 Å². The quantitative estimate of drug-likeness (QED) is 0.507. The van der Waals surface area contributed by atoms with Gasteiger partial charge in [-0.25, -0.2) is 0 Å². The summed E-state index contributed by atoms with van der Waals surface area (Å²) in [6, 6.07) is 4.47. The molecule has 2 atom stereocenters. The molecule has 2 unspecified atom stereocenters. The molecule has 1 aromatic rings. The topological polar surface area (TPSA) is 83.7 Å². The zero-order valence-corrected chi connectivity index (χ0v) is 10.7. The summed E-state index contributed by atoms with van der Waals surface area (Å²) in [5.74, 6) is 0.130. The second kappa shape index (κ2) is 5.36. The van der Waals surface area contributed by atoms with Crippen LogP contribution in [0.5, 0.6) is 0 Å². The first-order valence-electron chi connectivity index (χ1n) is 6.19. The van der Waals surface area contributed by atoms with Gasteiger partial charge in [0.25, 0.3) is 5.69 Å². The van der Waals surface area contributed by atoms with Crippen molar-refractivity contribution < 1.29 is 14.8 Å². The molecule has 1 saturated heterocycles. The normalized spacial score (nSPS) is 20.3. The Hall–Kier alpha value is -1.95. The van der Waals surface area contributed by atoms with Crippen molar-refractivity contribution >= 4 is 17.7 Å². The molecule has 1 aromatic carbocycles. The molecular formula is C13H16N2O4. The van der Waals surface area contributed by atoms with Gasteiger partial charge in [-0.2, -0.15) is 0 Å². The summed E-state index contributed by atoms with van der Waals surface area (Å²) in [5, 5.41) is 20.6. The monoisotopic (exact) mass is 264 g/mol. The van der Waals surface area contributed by atoms with Crippen LogP contribution in [0.2, 0.25) is 0 Å². The molecule has 2 rings (SSSR count). The minimum absolute atomic E-state index is 0.0594. The van der Waals surface area contributed by atoms with Crippen LogP contribution in [-0.2, 0) is 0 Å². The smallest absolute Gasteiger partial charge is 0.293 e. The van der Waals surface area contributed by atoms with E-state index in [-0.39, 0.29) is 11.6 Å².